The molecule has 0 aromatic carbocycles. The Morgan fingerprint density at radius 1 is 1.33 bits per heavy atom. The van der Waals surface area contributed by atoms with Crippen molar-refractivity contribution in [2.45, 2.75) is 26.4 Å². The Bertz CT molecular complexity index is 493. The number of pyridine rings is 1. The van der Waals surface area contributed by atoms with Crippen LogP contribution >= 0.6 is 0 Å². The predicted molar refractivity (Wildman–Crippen MR) is 67.3 cm³/mol. The first kappa shape index (κ1) is 12.6. The first-order valence-electron chi connectivity index (χ1n) is 5.83. The van der Waals surface area contributed by atoms with Gasteiger partial charge in [0, 0.05) is 18.8 Å². The first-order valence-corrected chi connectivity index (χ1v) is 5.83. The molecule has 5 heteroatoms. The van der Waals surface area contributed by atoms with Crippen LogP contribution in [0.3, 0.4) is 0 Å². The molecule has 0 fully saturated rings. The Kier molecular flexibility index (Phi) is 3.94. The Labute approximate surface area is 106 Å². The number of methoxy groups -OCH3 is 1. The topological polar surface area (TPSA) is 60.2 Å². The molecule has 96 valence electrons. The van der Waals surface area contributed by atoms with E-state index in [0.29, 0.717) is 18.3 Å². The fourth-order valence-electron chi connectivity index (χ4n) is 1.57. The van der Waals surface area contributed by atoms with Crippen LogP contribution in [0, 0.1) is 6.92 Å². The van der Waals surface area contributed by atoms with E-state index in [1.807, 2.05) is 26.0 Å². The van der Waals surface area contributed by atoms with Crippen molar-refractivity contribution in [2.75, 3.05) is 7.11 Å². The van der Waals surface area contributed by atoms with E-state index in [0.717, 1.165) is 11.3 Å². The molecule has 5 nitrogen and oxygen atoms in total. The van der Waals surface area contributed by atoms with Gasteiger partial charge in [0.05, 0.1) is 19.3 Å². The van der Waals surface area contributed by atoms with Crippen molar-refractivity contribution in [1.82, 2.24) is 15.3 Å². The van der Waals surface area contributed by atoms with E-state index in [1.165, 1.54) is 0 Å². The average molecular weight is 247 g/mol. The fraction of sp³-hybridized carbons (Fsp3) is 0.385. The summed E-state index contributed by atoms with van der Waals surface area (Å²) >= 11 is 0. The number of hydrogen-bond donors (Lipinski definition) is 1. The van der Waals surface area contributed by atoms with Gasteiger partial charge >= 0.3 is 0 Å². The Morgan fingerprint density at radius 2 is 2.17 bits per heavy atom. The van der Waals surface area contributed by atoms with Crippen LogP contribution in [0.2, 0.25) is 0 Å². The van der Waals surface area contributed by atoms with Gasteiger partial charge in [0.2, 0.25) is 11.8 Å². The van der Waals surface area contributed by atoms with Crippen molar-refractivity contribution >= 4 is 0 Å². The summed E-state index contributed by atoms with van der Waals surface area (Å²) in [6.45, 7) is 4.61. The molecule has 2 aromatic heterocycles. The number of aryl methyl sites for hydroxylation is 1. The summed E-state index contributed by atoms with van der Waals surface area (Å²) in [6, 6.07) is 3.89. The smallest absolute Gasteiger partial charge is 0.212 e. The van der Waals surface area contributed by atoms with Gasteiger partial charge in [-0.1, -0.05) is 6.07 Å². The highest BCUT2D eigenvalue weighted by Gasteiger charge is 2.10. The summed E-state index contributed by atoms with van der Waals surface area (Å²) in [5.74, 6) is 2.15. The quantitative estimate of drug-likeness (QED) is 0.878. The maximum absolute atomic E-state index is 5.46. The molecule has 2 heterocycles. The second kappa shape index (κ2) is 5.64. The number of rotatable bonds is 5. The lowest BCUT2D eigenvalue weighted by Gasteiger charge is -2.10. The van der Waals surface area contributed by atoms with E-state index < -0.39 is 0 Å². The predicted octanol–water partition coefficient (Wildman–Crippen LogP) is 2.24. The van der Waals surface area contributed by atoms with Gasteiger partial charge in [-0.05, 0) is 19.4 Å². The van der Waals surface area contributed by atoms with E-state index >= 15 is 0 Å². The van der Waals surface area contributed by atoms with E-state index in [2.05, 4.69) is 15.3 Å². The highest BCUT2D eigenvalue weighted by Crippen LogP contribution is 2.13. The molecule has 0 spiro atoms. The molecule has 2 aromatic rings. The normalized spacial score (nSPS) is 12.4. The van der Waals surface area contributed by atoms with Crippen molar-refractivity contribution in [1.29, 1.82) is 0 Å². The third-order valence-electron chi connectivity index (χ3n) is 2.63. The maximum Gasteiger partial charge on any atom is 0.212 e. The van der Waals surface area contributed by atoms with Crippen LogP contribution in [0.1, 0.15) is 30.2 Å². The molecule has 0 bridgehead atoms. The molecule has 0 aliphatic carbocycles. The van der Waals surface area contributed by atoms with Crippen molar-refractivity contribution < 1.29 is 9.15 Å². The van der Waals surface area contributed by atoms with Crippen LogP contribution in [0.15, 0.2) is 28.9 Å². The van der Waals surface area contributed by atoms with Gasteiger partial charge in [-0.3, -0.25) is 0 Å². The van der Waals surface area contributed by atoms with Crippen molar-refractivity contribution in [3.05, 3.63) is 41.7 Å². The number of oxazole rings is 1. The van der Waals surface area contributed by atoms with Crippen molar-refractivity contribution in [2.24, 2.45) is 0 Å². The van der Waals surface area contributed by atoms with E-state index in [-0.39, 0.29) is 6.04 Å². The summed E-state index contributed by atoms with van der Waals surface area (Å²) in [5, 5.41) is 3.33. The molecule has 0 saturated carbocycles. The van der Waals surface area contributed by atoms with Crippen LogP contribution < -0.4 is 10.1 Å². The van der Waals surface area contributed by atoms with Crippen molar-refractivity contribution in [3.8, 4) is 5.88 Å². The average Bonchev–Trinajstić information content (AvgIpc) is 2.83. The summed E-state index contributed by atoms with van der Waals surface area (Å²) in [4.78, 5) is 8.34. The van der Waals surface area contributed by atoms with Gasteiger partial charge in [0.25, 0.3) is 0 Å². The molecule has 18 heavy (non-hydrogen) atoms. The van der Waals surface area contributed by atoms with Crippen LogP contribution in [0.5, 0.6) is 5.88 Å². The minimum absolute atomic E-state index is 0.0702. The van der Waals surface area contributed by atoms with Crippen molar-refractivity contribution in [3.63, 3.8) is 0 Å². The number of ether oxygens (including phenoxy) is 1. The molecule has 0 amide bonds. The van der Waals surface area contributed by atoms with Crippen LogP contribution in [0.4, 0.5) is 0 Å². The largest absolute Gasteiger partial charge is 0.481 e. The molecular weight excluding hydrogens is 230 g/mol. The number of hydrogen-bond acceptors (Lipinski definition) is 5. The van der Waals surface area contributed by atoms with Crippen LogP contribution in [-0.2, 0) is 6.54 Å². The van der Waals surface area contributed by atoms with Gasteiger partial charge < -0.3 is 14.5 Å². The van der Waals surface area contributed by atoms with Gasteiger partial charge in [-0.25, -0.2) is 9.97 Å². The molecule has 1 unspecified atom stereocenters. The van der Waals surface area contributed by atoms with Crippen LogP contribution in [-0.4, -0.2) is 17.1 Å². The Balaban J connectivity index is 1.90. The summed E-state index contributed by atoms with van der Waals surface area (Å²) in [5.41, 5.74) is 1.09. The number of aromatic nitrogens is 2. The summed E-state index contributed by atoms with van der Waals surface area (Å²) < 4.78 is 10.5. The molecule has 0 aliphatic rings. The third kappa shape index (κ3) is 3.07. The zero-order valence-corrected chi connectivity index (χ0v) is 10.8. The summed E-state index contributed by atoms with van der Waals surface area (Å²) in [7, 11) is 1.60. The maximum atomic E-state index is 5.46. The third-order valence-corrected chi connectivity index (χ3v) is 2.63. The van der Waals surface area contributed by atoms with Gasteiger partial charge in [0.15, 0.2) is 0 Å². The fourth-order valence-corrected chi connectivity index (χ4v) is 1.57. The van der Waals surface area contributed by atoms with E-state index in [1.54, 1.807) is 19.5 Å². The standard InChI is InChI=1S/C13H17N3O2/c1-9-6-16-13(18-9)10(2)14-7-11-4-5-12(17-3)15-8-11/h4-6,8,10,14H,7H2,1-3H3. The first-order chi connectivity index (χ1) is 8.69. The molecule has 1 atom stereocenters. The summed E-state index contributed by atoms with van der Waals surface area (Å²) in [6.07, 6.45) is 3.52. The zero-order chi connectivity index (χ0) is 13.0. The van der Waals surface area contributed by atoms with Gasteiger partial charge in [-0.15, -0.1) is 0 Å². The van der Waals surface area contributed by atoms with Crippen LogP contribution in [0.25, 0.3) is 0 Å². The lowest BCUT2D eigenvalue weighted by atomic mass is 10.2. The highest BCUT2D eigenvalue weighted by atomic mass is 16.5. The second-order valence-electron chi connectivity index (χ2n) is 4.12. The Hall–Kier alpha value is -1.88. The molecular formula is C13H17N3O2. The molecule has 0 aliphatic heterocycles. The molecule has 1 N–H and O–H groups in total. The molecule has 2 rings (SSSR count). The van der Waals surface area contributed by atoms with Gasteiger partial charge in [-0.2, -0.15) is 0 Å². The Morgan fingerprint density at radius 3 is 2.72 bits per heavy atom. The minimum Gasteiger partial charge on any atom is -0.481 e. The SMILES string of the molecule is COc1ccc(CNC(C)c2ncc(C)o2)cn1. The second-order valence-corrected chi connectivity index (χ2v) is 4.12. The zero-order valence-electron chi connectivity index (χ0n) is 10.8. The van der Waals surface area contributed by atoms with E-state index in [9.17, 15) is 0 Å². The van der Waals surface area contributed by atoms with Gasteiger partial charge in [0.1, 0.15) is 5.76 Å². The monoisotopic (exact) mass is 247 g/mol. The number of nitrogens with zero attached hydrogens (tertiary/aromatic N) is 2. The lowest BCUT2D eigenvalue weighted by Crippen LogP contribution is -2.18. The molecule has 0 radical (unpaired) electrons. The molecule has 0 saturated heterocycles. The number of nitrogens with one attached hydrogen (secondary N) is 1. The lowest BCUT2D eigenvalue weighted by molar-refractivity contribution is 0.395. The highest BCUT2D eigenvalue weighted by molar-refractivity contribution is 5.17. The minimum atomic E-state index is 0.0702. The van der Waals surface area contributed by atoms with E-state index in [4.69, 9.17) is 9.15 Å².